The van der Waals surface area contributed by atoms with Gasteiger partial charge in [0.2, 0.25) is 9.84 Å². The van der Waals surface area contributed by atoms with Gasteiger partial charge in [0, 0.05) is 10.6 Å². The minimum Gasteiger partial charge on any atom is -0.465 e. The molecule has 4 nitrogen and oxygen atoms in total. The third kappa shape index (κ3) is 3.49. The average molecular weight is 387 g/mol. The van der Waals surface area contributed by atoms with Crippen molar-refractivity contribution in [3.63, 3.8) is 0 Å². The van der Waals surface area contributed by atoms with Crippen LogP contribution in [-0.4, -0.2) is 21.5 Å². The van der Waals surface area contributed by atoms with E-state index in [1.165, 1.54) is 49.6 Å². The predicted molar refractivity (Wildman–Crippen MR) is 100 cm³/mol. The summed E-state index contributed by atoms with van der Waals surface area (Å²) in [5, 5.41) is 0.452. The fourth-order valence-electron chi connectivity index (χ4n) is 2.59. The zero-order valence-corrected chi connectivity index (χ0v) is 15.4. The molecule has 3 aromatic carbocycles. The van der Waals surface area contributed by atoms with Crippen molar-refractivity contribution in [2.45, 2.75) is 9.79 Å². The van der Waals surface area contributed by atoms with E-state index in [9.17, 15) is 13.2 Å². The van der Waals surface area contributed by atoms with Gasteiger partial charge in [-0.05, 0) is 48.0 Å². The van der Waals surface area contributed by atoms with E-state index in [1.807, 2.05) is 6.07 Å². The van der Waals surface area contributed by atoms with E-state index in [2.05, 4.69) is 0 Å². The Bertz CT molecular complexity index is 1040. The summed E-state index contributed by atoms with van der Waals surface area (Å²) in [6.45, 7) is 0. The minimum absolute atomic E-state index is 0.110. The number of esters is 1. The fraction of sp³-hybridized carbons (Fsp3) is 0.0500. The molecular weight excluding hydrogens is 372 g/mol. The molecular formula is C20H15ClO4S. The van der Waals surface area contributed by atoms with Gasteiger partial charge in [0.1, 0.15) is 0 Å². The lowest BCUT2D eigenvalue weighted by Crippen LogP contribution is -2.07. The summed E-state index contributed by atoms with van der Waals surface area (Å²) in [6, 6.07) is 19.4. The molecule has 0 fully saturated rings. The Balaban J connectivity index is 2.23. The van der Waals surface area contributed by atoms with Crippen LogP contribution in [-0.2, 0) is 14.6 Å². The highest BCUT2D eigenvalue weighted by molar-refractivity contribution is 7.91. The number of ether oxygens (including phenoxy) is 1. The second kappa shape index (κ2) is 7.32. The Morgan fingerprint density at radius 2 is 1.58 bits per heavy atom. The van der Waals surface area contributed by atoms with Crippen molar-refractivity contribution < 1.29 is 17.9 Å². The molecule has 0 aliphatic carbocycles. The molecule has 0 aromatic heterocycles. The number of hydrogen-bond acceptors (Lipinski definition) is 4. The molecule has 0 aliphatic rings. The molecule has 0 saturated heterocycles. The normalized spacial score (nSPS) is 11.2. The van der Waals surface area contributed by atoms with Gasteiger partial charge in [-0.25, -0.2) is 13.2 Å². The zero-order chi connectivity index (χ0) is 18.7. The molecule has 0 atom stereocenters. The standard InChI is InChI=1S/C20H15ClO4S/c1-25-20(22)15-7-12-19(18(13-15)14-5-3-2-4-6-14)26(23,24)17-10-8-16(21)9-11-17/h2-13H,1H3. The highest BCUT2D eigenvalue weighted by atomic mass is 35.5. The number of halogens is 1. The quantitative estimate of drug-likeness (QED) is 0.613. The number of sulfone groups is 1. The van der Waals surface area contributed by atoms with Crippen LogP contribution in [0.2, 0.25) is 5.02 Å². The number of carbonyl (C=O) groups excluding carboxylic acids is 1. The summed E-state index contributed by atoms with van der Waals surface area (Å²) >= 11 is 5.86. The van der Waals surface area contributed by atoms with Crippen molar-refractivity contribution in [1.29, 1.82) is 0 Å². The van der Waals surface area contributed by atoms with E-state index in [-0.39, 0.29) is 15.4 Å². The lowest BCUT2D eigenvalue weighted by molar-refractivity contribution is 0.0600. The maximum Gasteiger partial charge on any atom is 0.337 e. The molecule has 0 heterocycles. The topological polar surface area (TPSA) is 60.4 Å². The Morgan fingerprint density at radius 3 is 2.19 bits per heavy atom. The van der Waals surface area contributed by atoms with Crippen LogP contribution in [0.4, 0.5) is 0 Å². The summed E-state index contributed by atoms with van der Waals surface area (Å²) < 4.78 is 31.0. The first kappa shape index (κ1) is 18.2. The number of benzene rings is 3. The van der Waals surface area contributed by atoms with Crippen LogP contribution >= 0.6 is 11.6 Å². The van der Waals surface area contributed by atoms with Crippen molar-refractivity contribution in [1.82, 2.24) is 0 Å². The predicted octanol–water partition coefficient (Wildman–Crippen LogP) is 4.63. The van der Waals surface area contributed by atoms with Crippen molar-refractivity contribution >= 4 is 27.4 Å². The van der Waals surface area contributed by atoms with Crippen molar-refractivity contribution in [2.75, 3.05) is 7.11 Å². The zero-order valence-electron chi connectivity index (χ0n) is 13.8. The lowest BCUT2D eigenvalue weighted by atomic mass is 10.0. The molecule has 132 valence electrons. The maximum absolute atomic E-state index is 13.1. The Hall–Kier alpha value is -2.63. The van der Waals surface area contributed by atoms with Gasteiger partial charge in [-0.1, -0.05) is 41.9 Å². The van der Waals surface area contributed by atoms with Gasteiger partial charge in [-0.15, -0.1) is 0 Å². The molecule has 0 unspecified atom stereocenters. The van der Waals surface area contributed by atoms with Gasteiger partial charge in [0.05, 0.1) is 22.5 Å². The van der Waals surface area contributed by atoms with E-state index in [0.717, 1.165) is 0 Å². The molecule has 0 bridgehead atoms. The molecule has 6 heteroatoms. The number of carbonyl (C=O) groups is 1. The van der Waals surface area contributed by atoms with E-state index in [1.54, 1.807) is 24.3 Å². The lowest BCUT2D eigenvalue weighted by Gasteiger charge is -2.13. The minimum atomic E-state index is -3.79. The summed E-state index contributed by atoms with van der Waals surface area (Å²) in [6.07, 6.45) is 0. The van der Waals surface area contributed by atoms with Crippen molar-refractivity contribution in [2.24, 2.45) is 0 Å². The number of rotatable bonds is 4. The Kier molecular flexibility index (Phi) is 5.11. The third-order valence-corrected chi connectivity index (χ3v) is 5.98. The number of methoxy groups -OCH3 is 1. The van der Waals surface area contributed by atoms with Gasteiger partial charge in [0.25, 0.3) is 0 Å². The first-order chi connectivity index (χ1) is 12.4. The summed E-state index contributed by atoms with van der Waals surface area (Å²) in [5.41, 5.74) is 1.40. The third-order valence-electron chi connectivity index (χ3n) is 3.90. The SMILES string of the molecule is COC(=O)c1ccc(S(=O)(=O)c2ccc(Cl)cc2)c(-c2ccccc2)c1. The monoisotopic (exact) mass is 386 g/mol. The summed E-state index contributed by atoms with van der Waals surface area (Å²) in [5.74, 6) is -0.530. The molecule has 0 amide bonds. The van der Waals surface area contributed by atoms with Gasteiger partial charge in [0.15, 0.2) is 0 Å². The van der Waals surface area contributed by atoms with Crippen LogP contribution in [0.25, 0.3) is 11.1 Å². The molecule has 0 spiro atoms. The molecule has 3 aromatic rings. The van der Waals surface area contributed by atoms with E-state index < -0.39 is 15.8 Å². The highest BCUT2D eigenvalue weighted by Gasteiger charge is 2.23. The molecule has 26 heavy (non-hydrogen) atoms. The first-order valence-electron chi connectivity index (χ1n) is 7.72. The number of hydrogen-bond donors (Lipinski definition) is 0. The summed E-state index contributed by atoms with van der Waals surface area (Å²) in [7, 11) is -2.51. The summed E-state index contributed by atoms with van der Waals surface area (Å²) in [4.78, 5) is 12.1. The molecule has 0 N–H and O–H groups in total. The Morgan fingerprint density at radius 1 is 0.923 bits per heavy atom. The van der Waals surface area contributed by atoms with Gasteiger partial charge >= 0.3 is 5.97 Å². The Labute approximate surface area is 156 Å². The van der Waals surface area contributed by atoms with Crippen molar-refractivity contribution in [3.8, 4) is 11.1 Å². The van der Waals surface area contributed by atoms with Gasteiger partial charge in [-0.2, -0.15) is 0 Å². The van der Waals surface area contributed by atoms with E-state index >= 15 is 0 Å². The van der Waals surface area contributed by atoms with E-state index in [4.69, 9.17) is 16.3 Å². The smallest absolute Gasteiger partial charge is 0.337 e. The van der Waals surface area contributed by atoms with Crippen LogP contribution in [0.1, 0.15) is 10.4 Å². The maximum atomic E-state index is 13.1. The van der Waals surface area contributed by atoms with E-state index in [0.29, 0.717) is 16.1 Å². The van der Waals surface area contributed by atoms with Crippen LogP contribution in [0.5, 0.6) is 0 Å². The first-order valence-corrected chi connectivity index (χ1v) is 9.58. The van der Waals surface area contributed by atoms with Gasteiger partial charge in [-0.3, -0.25) is 0 Å². The van der Waals surface area contributed by atoms with Crippen LogP contribution in [0.15, 0.2) is 82.6 Å². The average Bonchev–Trinajstić information content (AvgIpc) is 2.68. The molecule has 0 saturated carbocycles. The molecule has 3 rings (SSSR count). The largest absolute Gasteiger partial charge is 0.465 e. The van der Waals surface area contributed by atoms with Crippen LogP contribution in [0.3, 0.4) is 0 Å². The molecule has 0 aliphatic heterocycles. The molecule has 0 radical (unpaired) electrons. The second-order valence-corrected chi connectivity index (χ2v) is 7.88. The second-order valence-electron chi connectivity index (χ2n) is 5.53. The van der Waals surface area contributed by atoms with Crippen LogP contribution in [0, 0.1) is 0 Å². The van der Waals surface area contributed by atoms with Crippen LogP contribution < -0.4 is 0 Å². The van der Waals surface area contributed by atoms with Gasteiger partial charge < -0.3 is 4.74 Å². The highest BCUT2D eigenvalue weighted by Crippen LogP contribution is 2.33. The fourth-order valence-corrected chi connectivity index (χ4v) is 4.18. The van der Waals surface area contributed by atoms with Crippen molar-refractivity contribution in [3.05, 3.63) is 83.4 Å².